The van der Waals surface area contributed by atoms with Gasteiger partial charge in [0, 0.05) is 38.1 Å². The molecule has 0 amide bonds. The van der Waals surface area contributed by atoms with Gasteiger partial charge in [-0.25, -0.2) is 0 Å². The first-order valence-electron chi connectivity index (χ1n) is 9.05. The summed E-state index contributed by atoms with van der Waals surface area (Å²) in [7, 11) is 1.69. The SMILES string of the molecule is COc1ccc2c(c1)N(CC(O)COC1CCOCC1)CCCC2. The molecule has 0 aliphatic carbocycles. The van der Waals surface area contributed by atoms with Gasteiger partial charge in [-0.05, 0) is 43.7 Å². The van der Waals surface area contributed by atoms with Crippen LogP contribution in [0.2, 0.25) is 0 Å². The van der Waals surface area contributed by atoms with Crippen LogP contribution in [0.15, 0.2) is 18.2 Å². The van der Waals surface area contributed by atoms with Crippen molar-refractivity contribution >= 4 is 5.69 Å². The second-order valence-electron chi connectivity index (χ2n) is 6.70. The predicted octanol–water partition coefficient (Wildman–Crippen LogP) is 2.39. The second-order valence-corrected chi connectivity index (χ2v) is 6.70. The molecule has 0 bridgehead atoms. The largest absolute Gasteiger partial charge is 0.497 e. The zero-order chi connectivity index (χ0) is 16.8. The van der Waals surface area contributed by atoms with Crippen LogP contribution in [0.4, 0.5) is 5.69 Å². The fraction of sp³-hybridized carbons (Fsp3) is 0.684. The smallest absolute Gasteiger partial charge is 0.120 e. The zero-order valence-electron chi connectivity index (χ0n) is 14.6. The molecule has 0 spiro atoms. The van der Waals surface area contributed by atoms with Gasteiger partial charge in [0.05, 0.1) is 25.9 Å². The number of aliphatic hydroxyl groups is 1. The lowest BCUT2D eigenvalue weighted by Gasteiger charge is -2.29. The van der Waals surface area contributed by atoms with Crippen LogP contribution in [0.5, 0.6) is 5.75 Å². The van der Waals surface area contributed by atoms with Crippen molar-refractivity contribution in [1.29, 1.82) is 0 Å². The van der Waals surface area contributed by atoms with E-state index in [1.165, 1.54) is 17.7 Å². The summed E-state index contributed by atoms with van der Waals surface area (Å²) in [6.45, 7) is 3.48. The molecule has 24 heavy (non-hydrogen) atoms. The minimum Gasteiger partial charge on any atom is -0.497 e. The molecule has 1 N–H and O–H groups in total. The molecule has 1 aromatic rings. The van der Waals surface area contributed by atoms with E-state index < -0.39 is 6.10 Å². The molecule has 134 valence electrons. The van der Waals surface area contributed by atoms with Gasteiger partial charge in [-0.15, -0.1) is 0 Å². The summed E-state index contributed by atoms with van der Waals surface area (Å²) in [6.07, 6.45) is 5.02. The Morgan fingerprint density at radius 1 is 1.29 bits per heavy atom. The third-order valence-corrected chi connectivity index (χ3v) is 4.88. The number of anilines is 1. The van der Waals surface area contributed by atoms with Crippen LogP contribution in [-0.2, 0) is 15.9 Å². The predicted molar refractivity (Wildman–Crippen MR) is 93.9 cm³/mol. The third-order valence-electron chi connectivity index (χ3n) is 4.88. The number of ether oxygens (including phenoxy) is 3. The van der Waals surface area contributed by atoms with E-state index in [-0.39, 0.29) is 6.10 Å². The number of aryl methyl sites for hydroxylation is 1. The van der Waals surface area contributed by atoms with Crippen molar-refractivity contribution in [1.82, 2.24) is 0 Å². The molecule has 2 heterocycles. The fourth-order valence-electron chi connectivity index (χ4n) is 3.50. The first kappa shape index (κ1) is 17.5. The highest BCUT2D eigenvalue weighted by molar-refractivity contribution is 5.58. The Kier molecular flexibility index (Phi) is 6.35. The molecule has 1 atom stereocenters. The van der Waals surface area contributed by atoms with Crippen LogP contribution in [0.3, 0.4) is 0 Å². The number of fused-ring (bicyclic) bond motifs is 1. The molecule has 5 heteroatoms. The maximum absolute atomic E-state index is 10.4. The van der Waals surface area contributed by atoms with Gasteiger partial charge in [0.1, 0.15) is 5.75 Å². The molecule has 1 aromatic carbocycles. The maximum Gasteiger partial charge on any atom is 0.120 e. The first-order valence-corrected chi connectivity index (χ1v) is 9.05. The molecular weight excluding hydrogens is 306 g/mol. The quantitative estimate of drug-likeness (QED) is 0.865. The van der Waals surface area contributed by atoms with E-state index in [0.717, 1.165) is 51.2 Å². The Balaban J connectivity index is 1.59. The summed E-state index contributed by atoms with van der Waals surface area (Å²) < 4.78 is 16.6. The van der Waals surface area contributed by atoms with Gasteiger partial charge in [0.2, 0.25) is 0 Å². The van der Waals surface area contributed by atoms with E-state index in [1.807, 2.05) is 6.07 Å². The summed E-state index contributed by atoms with van der Waals surface area (Å²) in [5, 5.41) is 10.4. The van der Waals surface area contributed by atoms with Crippen molar-refractivity contribution in [2.24, 2.45) is 0 Å². The van der Waals surface area contributed by atoms with E-state index >= 15 is 0 Å². The molecule has 1 unspecified atom stereocenters. The highest BCUT2D eigenvalue weighted by Gasteiger charge is 2.21. The van der Waals surface area contributed by atoms with Crippen LogP contribution in [0.25, 0.3) is 0 Å². The summed E-state index contributed by atoms with van der Waals surface area (Å²) in [5.74, 6) is 0.869. The fourth-order valence-corrected chi connectivity index (χ4v) is 3.50. The maximum atomic E-state index is 10.4. The Morgan fingerprint density at radius 2 is 2.12 bits per heavy atom. The number of hydrogen-bond acceptors (Lipinski definition) is 5. The number of β-amino-alcohol motifs (C(OH)–C–C–N with tert-alkyl or cyclic N) is 1. The van der Waals surface area contributed by atoms with Crippen molar-refractivity contribution < 1.29 is 19.3 Å². The average Bonchev–Trinajstić information content (AvgIpc) is 2.82. The number of nitrogens with zero attached hydrogens (tertiary/aromatic N) is 1. The molecule has 0 aromatic heterocycles. The Morgan fingerprint density at radius 3 is 2.92 bits per heavy atom. The van der Waals surface area contributed by atoms with Crippen molar-refractivity contribution in [3.8, 4) is 5.75 Å². The van der Waals surface area contributed by atoms with Gasteiger partial charge in [0.25, 0.3) is 0 Å². The lowest BCUT2D eigenvalue weighted by Crippen LogP contribution is -2.37. The van der Waals surface area contributed by atoms with Crippen molar-refractivity contribution in [2.45, 2.75) is 44.3 Å². The molecule has 5 nitrogen and oxygen atoms in total. The number of benzene rings is 1. The van der Waals surface area contributed by atoms with Crippen molar-refractivity contribution in [3.63, 3.8) is 0 Å². The van der Waals surface area contributed by atoms with E-state index in [0.29, 0.717) is 13.2 Å². The van der Waals surface area contributed by atoms with Crippen LogP contribution < -0.4 is 9.64 Å². The van der Waals surface area contributed by atoms with Crippen LogP contribution in [-0.4, -0.2) is 57.3 Å². The highest BCUT2D eigenvalue weighted by Crippen LogP contribution is 2.30. The number of methoxy groups -OCH3 is 1. The molecular formula is C19H29NO4. The zero-order valence-corrected chi connectivity index (χ0v) is 14.6. The van der Waals surface area contributed by atoms with Gasteiger partial charge in [-0.2, -0.15) is 0 Å². The molecule has 0 saturated carbocycles. The van der Waals surface area contributed by atoms with E-state index in [4.69, 9.17) is 14.2 Å². The van der Waals surface area contributed by atoms with Gasteiger partial charge in [0.15, 0.2) is 0 Å². The number of rotatable bonds is 6. The van der Waals surface area contributed by atoms with Crippen molar-refractivity contribution in [2.75, 3.05) is 44.9 Å². The molecule has 3 rings (SSSR count). The number of aliphatic hydroxyl groups excluding tert-OH is 1. The second kappa shape index (κ2) is 8.70. The first-order chi connectivity index (χ1) is 11.8. The topological polar surface area (TPSA) is 51.2 Å². The molecule has 2 aliphatic heterocycles. The highest BCUT2D eigenvalue weighted by atomic mass is 16.5. The van der Waals surface area contributed by atoms with Crippen molar-refractivity contribution in [3.05, 3.63) is 23.8 Å². The monoisotopic (exact) mass is 335 g/mol. The lowest BCUT2D eigenvalue weighted by molar-refractivity contribution is -0.0575. The Bertz CT molecular complexity index is 516. The normalized spacial score (nSPS) is 20.3. The summed E-state index contributed by atoms with van der Waals surface area (Å²) >= 11 is 0. The van der Waals surface area contributed by atoms with Gasteiger partial charge in [-0.1, -0.05) is 6.07 Å². The Hall–Kier alpha value is -1.30. The molecule has 1 fully saturated rings. The average molecular weight is 335 g/mol. The molecule has 0 radical (unpaired) electrons. The van der Waals surface area contributed by atoms with Gasteiger partial charge >= 0.3 is 0 Å². The summed E-state index contributed by atoms with van der Waals surface area (Å²) in [6, 6.07) is 6.26. The van der Waals surface area contributed by atoms with Crippen LogP contribution >= 0.6 is 0 Å². The minimum atomic E-state index is -0.481. The number of hydrogen-bond donors (Lipinski definition) is 1. The van der Waals surface area contributed by atoms with E-state index in [2.05, 4.69) is 17.0 Å². The summed E-state index contributed by atoms with van der Waals surface area (Å²) in [5.41, 5.74) is 2.53. The van der Waals surface area contributed by atoms with E-state index in [1.54, 1.807) is 7.11 Å². The van der Waals surface area contributed by atoms with Crippen LogP contribution in [0, 0.1) is 0 Å². The van der Waals surface area contributed by atoms with E-state index in [9.17, 15) is 5.11 Å². The van der Waals surface area contributed by atoms with Crippen LogP contribution in [0.1, 0.15) is 31.2 Å². The lowest BCUT2D eigenvalue weighted by atomic mass is 10.1. The summed E-state index contributed by atoms with van der Waals surface area (Å²) in [4.78, 5) is 2.28. The molecule has 1 saturated heterocycles. The standard InChI is InChI=1S/C19H29NO4/c1-22-18-6-5-15-4-2-3-9-20(19(15)12-18)13-16(21)14-24-17-7-10-23-11-8-17/h5-6,12,16-17,21H,2-4,7-11,13-14H2,1H3. The third kappa shape index (κ3) is 4.62. The van der Waals surface area contributed by atoms with Gasteiger partial charge in [-0.3, -0.25) is 0 Å². The molecule has 2 aliphatic rings. The Labute approximate surface area is 144 Å². The minimum absolute atomic E-state index is 0.227. The van der Waals surface area contributed by atoms with Gasteiger partial charge < -0.3 is 24.2 Å².